The van der Waals surface area contributed by atoms with E-state index < -0.39 is 0 Å². The summed E-state index contributed by atoms with van der Waals surface area (Å²) in [4.78, 5) is 11.0. The van der Waals surface area contributed by atoms with Crippen LogP contribution in [-0.2, 0) is 16.6 Å². The largest absolute Gasteiger partial charge is 0.507 e. The van der Waals surface area contributed by atoms with Crippen LogP contribution in [-0.4, -0.2) is 11.0 Å². The zero-order valence-electron chi connectivity index (χ0n) is 13.3. The van der Waals surface area contributed by atoms with E-state index in [1.165, 1.54) is 0 Å². The number of hydrogen-bond donors (Lipinski definition) is 2. The van der Waals surface area contributed by atoms with Crippen molar-refractivity contribution in [2.45, 2.75) is 65.2 Å². The van der Waals surface area contributed by atoms with Gasteiger partial charge in [0.15, 0.2) is 0 Å². The molecule has 0 aromatic heterocycles. The quantitative estimate of drug-likeness (QED) is 0.863. The second kappa shape index (κ2) is 6.29. The van der Waals surface area contributed by atoms with Crippen LogP contribution in [0.15, 0.2) is 12.1 Å². The Morgan fingerprint density at radius 2 is 1.95 bits per heavy atom. The Morgan fingerprint density at radius 3 is 2.40 bits per heavy atom. The first-order valence-electron chi connectivity index (χ1n) is 7.31. The lowest BCUT2D eigenvalue weighted by Crippen LogP contribution is -2.15. The fourth-order valence-corrected chi connectivity index (χ4v) is 2.30. The van der Waals surface area contributed by atoms with Gasteiger partial charge in [0, 0.05) is 6.42 Å². The highest BCUT2D eigenvalue weighted by Crippen LogP contribution is 2.38. The second-order valence-corrected chi connectivity index (χ2v) is 6.61. The van der Waals surface area contributed by atoms with E-state index >= 15 is 0 Å². The molecule has 1 amide bonds. The number of amides is 1. The summed E-state index contributed by atoms with van der Waals surface area (Å²) < 4.78 is 0. The third-order valence-electron chi connectivity index (χ3n) is 3.81. The highest BCUT2D eigenvalue weighted by Gasteiger charge is 2.23. The second-order valence-electron chi connectivity index (χ2n) is 6.61. The number of carbonyl (C=O) groups excluding carboxylic acids is 1. The maximum Gasteiger partial charge on any atom is 0.217 e. The van der Waals surface area contributed by atoms with E-state index in [0.29, 0.717) is 24.5 Å². The molecule has 112 valence electrons. The number of phenolic OH excluding ortho intramolecular Hbond substituents is 1. The molecule has 0 fully saturated rings. The number of aromatic hydroxyl groups is 1. The summed E-state index contributed by atoms with van der Waals surface area (Å²) in [6.07, 6.45) is 1.94. The standard InChI is InChI=1S/C17H27NO2/c1-6-11(2)13-9-12(7-8-15(18)19)10-14(16(13)20)17(3,4)5/h9-11,20H,6-8H2,1-5H3,(H2,18,19). The van der Waals surface area contributed by atoms with Crippen LogP contribution in [0, 0.1) is 0 Å². The van der Waals surface area contributed by atoms with E-state index in [9.17, 15) is 9.90 Å². The molecule has 20 heavy (non-hydrogen) atoms. The Balaban J connectivity index is 3.30. The third-order valence-corrected chi connectivity index (χ3v) is 3.81. The molecular formula is C17H27NO2. The fourth-order valence-electron chi connectivity index (χ4n) is 2.30. The topological polar surface area (TPSA) is 63.3 Å². The van der Waals surface area contributed by atoms with E-state index in [4.69, 9.17) is 5.73 Å². The Morgan fingerprint density at radius 1 is 1.35 bits per heavy atom. The summed E-state index contributed by atoms with van der Waals surface area (Å²) in [5.41, 5.74) is 8.08. The maximum absolute atomic E-state index is 11.0. The molecule has 1 atom stereocenters. The minimum absolute atomic E-state index is 0.130. The lowest BCUT2D eigenvalue weighted by Gasteiger charge is -2.25. The number of phenols is 1. The monoisotopic (exact) mass is 277 g/mol. The predicted octanol–water partition coefficient (Wildman–Crippen LogP) is 3.62. The van der Waals surface area contributed by atoms with Crippen molar-refractivity contribution >= 4 is 5.91 Å². The molecule has 0 aliphatic carbocycles. The number of carbonyl (C=O) groups is 1. The Labute approximate surface area is 122 Å². The van der Waals surface area contributed by atoms with Crippen molar-refractivity contribution in [1.82, 2.24) is 0 Å². The summed E-state index contributed by atoms with van der Waals surface area (Å²) in [5, 5.41) is 10.5. The number of benzene rings is 1. The minimum Gasteiger partial charge on any atom is -0.507 e. The SMILES string of the molecule is CCC(C)c1cc(CCC(N)=O)cc(C(C)(C)C)c1O. The zero-order chi connectivity index (χ0) is 15.5. The van der Waals surface area contributed by atoms with E-state index in [1.807, 2.05) is 12.1 Å². The van der Waals surface area contributed by atoms with Crippen LogP contribution >= 0.6 is 0 Å². The van der Waals surface area contributed by atoms with Crippen LogP contribution in [0.5, 0.6) is 5.75 Å². The molecule has 0 spiro atoms. The van der Waals surface area contributed by atoms with Gasteiger partial charge in [-0.05, 0) is 40.9 Å². The first-order chi connectivity index (χ1) is 9.16. The summed E-state index contributed by atoms with van der Waals surface area (Å²) in [6.45, 7) is 10.5. The molecule has 1 unspecified atom stereocenters. The summed E-state index contributed by atoms with van der Waals surface area (Å²) in [5.74, 6) is 0.403. The van der Waals surface area contributed by atoms with Crippen LogP contribution in [0.1, 0.15) is 70.1 Å². The first kappa shape index (κ1) is 16.5. The molecule has 0 saturated heterocycles. The van der Waals surface area contributed by atoms with E-state index in [1.54, 1.807) is 0 Å². The lowest BCUT2D eigenvalue weighted by molar-refractivity contribution is -0.117. The molecule has 0 aliphatic heterocycles. The average molecular weight is 277 g/mol. The lowest BCUT2D eigenvalue weighted by atomic mass is 9.81. The highest BCUT2D eigenvalue weighted by atomic mass is 16.3. The summed E-state index contributed by atoms with van der Waals surface area (Å²) >= 11 is 0. The van der Waals surface area contributed by atoms with Gasteiger partial charge >= 0.3 is 0 Å². The van der Waals surface area contributed by atoms with Gasteiger partial charge in [0.25, 0.3) is 0 Å². The molecule has 1 rings (SSSR count). The van der Waals surface area contributed by atoms with Crippen molar-refractivity contribution < 1.29 is 9.90 Å². The molecule has 0 radical (unpaired) electrons. The van der Waals surface area contributed by atoms with Gasteiger partial charge in [0.1, 0.15) is 5.75 Å². The first-order valence-corrected chi connectivity index (χ1v) is 7.31. The van der Waals surface area contributed by atoms with E-state index in [0.717, 1.165) is 23.1 Å². The molecule has 1 aromatic carbocycles. The van der Waals surface area contributed by atoms with Crippen molar-refractivity contribution in [2.24, 2.45) is 5.73 Å². The average Bonchev–Trinajstić information content (AvgIpc) is 2.35. The van der Waals surface area contributed by atoms with Crippen molar-refractivity contribution in [3.8, 4) is 5.75 Å². The molecular weight excluding hydrogens is 250 g/mol. The van der Waals surface area contributed by atoms with Crippen molar-refractivity contribution in [3.05, 3.63) is 28.8 Å². The molecule has 3 nitrogen and oxygen atoms in total. The third kappa shape index (κ3) is 3.99. The Bertz CT molecular complexity index is 486. The molecule has 0 bridgehead atoms. The van der Waals surface area contributed by atoms with Crippen LogP contribution in [0.3, 0.4) is 0 Å². The summed E-state index contributed by atoms with van der Waals surface area (Å²) in [6, 6.07) is 4.02. The Kier molecular flexibility index (Phi) is 5.21. The van der Waals surface area contributed by atoms with Gasteiger partial charge in [-0.1, -0.05) is 46.8 Å². The number of aryl methyl sites for hydroxylation is 1. The predicted molar refractivity (Wildman–Crippen MR) is 83.0 cm³/mol. The number of hydrogen-bond acceptors (Lipinski definition) is 2. The highest BCUT2D eigenvalue weighted by molar-refractivity contribution is 5.74. The van der Waals surface area contributed by atoms with E-state index in [-0.39, 0.29) is 11.3 Å². The van der Waals surface area contributed by atoms with Gasteiger partial charge in [0.05, 0.1) is 0 Å². The van der Waals surface area contributed by atoms with Gasteiger partial charge in [-0.25, -0.2) is 0 Å². The Hall–Kier alpha value is -1.51. The van der Waals surface area contributed by atoms with Crippen LogP contribution < -0.4 is 5.73 Å². The van der Waals surface area contributed by atoms with Crippen LogP contribution in [0.25, 0.3) is 0 Å². The van der Waals surface area contributed by atoms with Gasteiger partial charge in [-0.3, -0.25) is 4.79 Å². The number of primary amides is 1. The molecule has 0 aliphatic rings. The van der Waals surface area contributed by atoms with Gasteiger partial charge in [-0.15, -0.1) is 0 Å². The maximum atomic E-state index is 11.0. The number of rotatable bonds is 5. The molecule has 1 aromatic rings. The fraction of sp³-hybridized carbons (Fsp3) is 0.588. The van der Waals surface area contributed by atoms with Gasteiger partial charge in [0.2, 0.25) is 5.91 Å². The van der Waals surface area contributed by atoms with E-state index in [2.05, 4.69) is 34.6 Å². The zero-order valence-corrected chi connectivity index (χ0v) is 13.3. The van der Waals surface area contributed by atoms with Crippen molar-refractivity contribution in [1.29, 1.82) is 0 Å². The molecule has 0 heterocycles. The normalized spacial score (nSPS) is 13.2. The van der Waals surface area contributed by atoms with Gasteiger partial charge < -0.3 is 10.8 Å². The van der Waals surface area contributed by atoms with Gasteiger partial charge in [-0.2, -0.15) is 0 Å². The molecule has 0 saturated carbocycles. The van der Waals surface area contributed by atoms with Crippen LogP contribution in [0.2, 0.25) is 0 Å². The van der Waals surface area contributed by atoms with Crippen LogP contribution in [0.4, 0.5) is 0 Å². The minimum atomic E-state index is -0.291. The van der Waals surface area contributed by atoms with Crippen molar-refractivity contribution in [2.75, 3.05) is 0 Å². The molecule has 3 N–H and O–H groups in total. The molecule has 3 heteroatoms. The number of nitrogens with two attached hydrogens (primary N) is 1. The van der Waals surface area contributed by atoms with Crippen molar-refractivity contribution in [3.63, 3.8) is 0 Å². The smallest absolute Gasteiger partial charge is 0.217 e. The summed E-state index contributed by atoms with van der Waals surface area (Å²) in [7, 11) is 0.